The Hall–Kier alpha value is -2.45. The van der Waals surface area contributed by atoms with Gasteiger partial charge in [0.1, 0.15) is 6.04 Å². The predicted octanol–water partition coefficient (Wildman–Crippen LogP) is 1.32. The number of amides is 2. The van der Waals surface area contributed by atoms with Crippen molar-refractivity contribution in [2.45, 2.75) is 37.6 Å². The molecule has 4 rings (SSSR count). The van der Waals surface area contributed by atoms with Crippen LogP contribution < -0.4 is 20.7 Å². The van der Waals surface area contributed by atoms with E-state index in [1.54, 1.807) is 6.07 Å². The quantitative estimate of drug-likeness (QED) is 0.709. The van der Waals surface area contributed by atoms with Crippen molar-refractivity contribution in [3.63, 3.8) is 0 Å². The van der Waals surface area contributed by atoms with E-state index in [1.165, 1.54) is 11.1 Å². The summed E-state index contributed by atoms with van der Waals surface area (Å²) >= 11 is 0. The van der Waals surface area contributed by atoms with Crippen LogP contribution in [0.25, 0.3) is 0 Å². The number of anilines is 1. The Morgan fingerprint density at radius 1 is 1.33 bits per heavy atom. The van der Waals surface area contributed by atoms with Gasteiger partial charge in [-0.3, -0.25) is 9.59 Å². The van der Waals surface area contributed by atoms with Crippen LogP contribution in [0.4, 0.5) is 14.5 Å². The summed E-state index contributed by atoms with van der Waals surface area (Å²) in [5.74, 6) is -3.08. The Kier molecular flexibility index (Phi) is 4.39. The van der Waals surface area contributed by atoms with Crippen LogP contribution in [0.2, 0.25) is 0 Å². The van der Waals surface area contributed by atoms with Crippen LogP contribution in [0, 0.1) is 11.8 Å². The molecule has 7 nitrogen and oxygen atoms in total. The topological polar surface area (TPSA) is 97.5 Å². The fourth-order valence-corrected chi connectivity index (χ4v) is 3.14. The lowest BCUT2D eigenvalue weighted by atomic mass is 10.1. The molecule has 1 saturated heterocycles. The number of hydrogen-bond donors (Lipinski definition) is 2. The maximum atomic E-state index is 13.1. The number of rotatable bonds is 8. The Labute approximate surface area is 155 Å². The predicted molar refractivity (Wildman–Crippen MR) is 92.8 cm³/mol. The molecule has 2 saturated carbocycles. The molecule has 146 valence electrons. The molecule has 1 unspecified atom stereocenters. The molecule has 3 fully saturated rings. The lowest BCUT2D eigenvalue weighted by molar-refractivity contribution is -0.120. The second kappa shape index (κ2) is 6.61. The van der Waals surface area contributed by atoms with Gasteiger partial charge in [0.05, 0.1) is 31.6 Å². The zero-order valence-electron chi connectivity index (χ0n) is 14.8. The fraction of sp³-hybridized carbons (Fsp3) is 0.611. The van der Waals surface area contributed by atoms with E-state index < -0.39 is 23.8 Å². The van der Waals surface area contributed by atoms with Gasteiger partial charge in [-0.1, -0.05) is 0 Å². The summed E-state index contributed by atoms with van der Waals surface area (Å²) in [7, 11) is 0. The minimum atomic E-state index is -2.70. The van der Waals surface area contributed by atoms with Crippen molar-refractivity contribution in [3.05, 3.63) is 18.0 Å². The van der Waals surface area contributed by atoms with Gasteiger partial charge in [0.2, 0.25) is 5.91 Å². The standard InChI is InChI=1S/C18H22F2N4O3/c19-18(20)8-24(9-18)12-5-13(27-7-10-1-2-10)15(22-6-12)17(26)23-14(16(21)25)11-3-4-11/h5-6,10-11,14H,1-4,7-9H2,(H2,21,25)(H,23,26). The first-order valence-corrected chi connectivity index (χ1v) is 9.18. The average molecular weight is 380 g/mol. The molecule has 1 aromatic heterocycles. The zero-order valence-corrected chi connectivity index (χ0v) is 14.8. The molecule has 1 atom stereocenters. The lowest BCUT2D eigenvalue weighted by Gasteiger charge is -2.40. The number of nitrogens with zero attached hydrogens (tertiary/aromatic N) is 2. The highest BCUT2D eigenvalue weighted by Crippen LogP contribution is 2.36. The molecule has 1 aromatic rings. The summed E-state index contributed by atoms with van der Waals surface area (Å²) in [5.41, 5.74) is 5.90. The Balaban J connectivity index is 1.52. The molecular formula is C18H22F2N4O3. The van der Waals surface area contributed by atoms with Gasteiger partial charge in [-0.2, -0.15) is 0 Å². The molecule has 1 aliphatic heterocycles. The number of halogens is 2. The van der Waals surface area contributed by atoms with Crippen LogP contribution >= 0.6 is 0 Å². The maximum absolute atomic E-state index is 13.1. The third-order valence-electron chi connectivity index (χ3n) is 5.12. The highest BCUT2D eigenvalue weighted by molar-refractivity contribution is 5.98. The van der Waals surface area contributed by atoms with Crippen molar-refractivity contribution >= 4 is 17.5 Å². The van der Waals surface area contributed by atoms with Gasteiger partial charge >= 0.3 is 0 Å². The second-order valence-electron chi connectivity index (χ2n) is 7.70. The smallest absolute Gasteiger partial charge is 0.282 e. The van der Waals surface area contributed by atoms with Crippen molar-refractivity contribution in [1.29, 1.82) is 0 Å². The van der Waals surface area contributed by atoms with Crippen LogP contribution in [-0.4, -0.2) is 48.5 Å². The van der Waals surface area contributed by atoms with E-state index in [2.05, 4.69) is 10.3 Å². The summed E-state index contributed by atoms with van der Waals surface area (Å²) in [6, 6.07) is 0.833. The van der Waals surface area contributed by atoms with E-state index >= 15 is 0 Å². The maximum Gasteiger partial charge on any atom is 0.282 e. The lowest BCUT2D eigenvalue weighted by Crippen LogP contribution is -2.56. The summed E-state index contributed by atoms with van der Waals surface area (Å²) in [5, 5.41) is 2.64. The highest BCUT2D eigenvalue weighted by Gasteiger charge is 2.44. The largest absolute Gasteiger partial charge is 0.491 e. The second-order valence-corrected chi connectivity index (χ2v) is 7.70. The normalized spacial score (nSPS) is 21.9. The Bertz CT molecular complexity index is 757. The molecule has 0 spiro atoms. The van der Waals surface area contributed by atoms with Gasteiger partial charge in [-0.15, -0.1) is 0 Å². The van der Waals surface area contributed by atoms with Crippen molar-refractivity contribution in [1.82, 2.24) is 10.3 Å². The number of alkyl halides is 2. The third-order valence-corrected chi connectivity index (χ3v) is 5.12. The van der Waals surface area contributed by atoms with Crippen molar-refractivity contribution in [2.24, 2.45) is 17.6 Å². The number of primary amides is 1. The first-order valence-electron chi connectivity index (χ1n) is 9.18. The number of carbonyl (C=O) groups is 2. The number of aromatic nitrogens is 1. The molecule has 0 bridgehead atoms. The van der Waals surface area contributed by atoms with Gasteiger partial charge in [-0.05, 0) is 37.5 Å². The molecule has 2 aliphatic carbocycles. The van der Waals surface area contributed by atoms with Crippen LogP contribution in [-0.2, 0) is 4.79 Å². The highest BCUT2D eigenvalue weighted by atomic mass is 19.3. The first kappa shape index (κ1) is 17.9. The van der Waals surface area contributed by atoms with Crippen LogP contribution in [0.1, 0.15) is 36.2 Å². The molecule has 0 aromatic carbocycles. The number of hydrogen-bond acceptors (Lipinski definition) is 5. The number of nitrogens with two attached hydrogens (primary N) is 1. The molecule has 9 heteroatoms. The molecular weight excluding hydrogens is 358 g/mol. The van der Waals surface area contributed by atoms with Gasteiger partial charge in [0, 0.05) is 6.07 Å². The van der Waals surface area contributed by atoms with Gasteiger partial charge < -0.3 is 20.7 Å². The van der Waals surface area contributed by atoms with Gasteiger partial charge in [0.25, 0.3) is 11.8 Å². The van der Waals surface area contributed by atoms with Crippen LogP contribution in [0.5, 0.6) is 5.75 Å². The Morgan fingerprint density at radius 3 is 2.59 bits per heavy atom. The van der Waals surface area contributed by atoms with Crippen molar-refractivity contribution in [2.75, 3.05) is 24.6 Å². The van der Waals surface area contributed by atoms with Crippen LogP contribution in [0.15, 0.2) is 12.3 Å². The van der Waals surface area contributed by atoms with Gasteiger partial charge in [0.15, 0.2) is 11.4 Å². The fourth-order valence-electron chi connectivity index (χ4n) is 3.14. The molecule has 2 amide bonds. The van der Waals surface area contributed by atoms with E-state index in [4.69, 9.17) is 10.5 Å². The number of carbonyl (C=O) groups excluding carboxylic acids is 2. The summed E-state index contributed by atoms with van der Waals surface area (Å²) in [6.45, 7) is -0.315. The average Bonchev–Trinajstić information content (AvgIpc) is 3.48. The molecule has 3 aliphatic rings. The number of nitrogens with one attached hydrogen (secondary N) is 1. The molecule has 0 radical (unpaired) electrons. The van der Waals surface area contributed by atoms with E-state index in [9.17, 15) is 18.4 Å². The molecule has 3 N–H and O–H groups in total. The zero-order chi connectivity index (χ0) is 19.2. The summed E-state index contributed by atoms with van der Waals surface area (Å²) in [4.78, 5) is 29.9. The van der Waals surface area contributed by atoms with Crippen LogP contribution in [0.3, 0.4) is 0 Å². The minimum Gasteiger partial charge on any atom is -0.491 e. The third kappa shape index (κ3) is 4.12. The SMILES string of the molecule is NC(=O)C(NC(=O)c1ncc(N2CC(F)(F)C2)cc1OCC1CC1)C1CC1. The minimum absolute atomic E-state index is 0.0404. The van der Waals surface area contributed by atoms with E-state index in [0.717, 1.165) is 25.7 Å². The van der Waals surface area contributed by atoms with E-state index in [0.29, 0.717) is 18.2 Å². The Morgan fingerprint density at radius 2 is 2.04 bits per heavy atom. The van der Waals surface area contributed by atoms with Crippen molar-refractivity contribution in [3.8, 4) is 5.75 Å². The van der Waals surface area contributed by atoms with Crippen molar-refractivity contribution < 1.29 is 23.1 Å². The van der Waals surface area contributed by atoms with E-state index in [-0.39, 0.29) is 30.5 Å². The van der Waals surface area contributed by atoms with Gasteiger partial charge in [-0.25, -0.2) is 13.8 Å². The molecule has 2 heterocycles. The first-order chi connectivity index (χ1) is 12.8. The summed E-state index contributed by atoms with van der Waals surface area (Å²) < 4.78 is 32.0. The molecule has 27 heavy (non-hydrogen) atoms. The number of ether oxygens (including phenoxy) is 1. The monoisotopic (exact) mass is 380 g/mol. The number of pyridine rings is 1. The van der Waals surface area contributed by atoms with E-state index in [1.807, 2.05) is 0 Å². The summed E-state index contributed by atoms with van der Waals surface area (Å²) in [6.07, 6.45) is 5.20.